The van der Waals surface area contributed by atoms with Crippen molar-refractivity contribution >= 4 is 18.0 Å². The Hall–Kier alpha value is -1.79. The highest BCUT2D eigenvalue weighted by atomic mass is 16.5. The minimum Gasteiger partial charge on any atom is -0.480 e. The molecule has 1 unspecified atom stereocenters. The van der Waals surface area contributed by atoms with Gasteiger partial charge in [0.1, 0.15) is 6.04 Å². The average molecular weight is 272 g/mol. The third-order valence-electron chi connectivity index (χ3n) is 3.09. The molecule has 1 aliphatic rings. The van der Waals surface area contributed by atoms with Crippen LogP contribution in [0.4, 0.5) is 4.79 Å². The quantitative estimate of drug-likeness (QED) is 0.656. The van der Waals surface area contributed by atoms with Crippen molar-refractivity contribution in [3.05, 3.63) is 0 Å². The molecule has 0 saturated heterocycles. The molecule has 0 spiro atoms. The third-order valence-corrected chi connectivity index (χ3v) is 3.09. The molecule has 2 N–H and O–H groups in total. The van der Waals surface area contributed by atoms with Gasteiger partial charge in [-0.25, -0.2) is 9.59 Å². The fraction of sp³-hybridized carbons (Fsp3) is 0.750. The smallest absolute Gasteiger partial charge is 0.326 e. The first-order valence-electron chi connectivity index (χ1n) is 6.27. The summed E-state index contributed by atoms with van der Waals surface area (Å²) in [5, 5.41) is 11.5. The molecule has 0 heterocycles. The number of nitrogens with zero attached hydrogens (tertiary/aromatic N) is 1. The van der Waals surface area contributed by atoms with Gasteiger partial charge in [0.25, 0.3) is 0 Å². The second-order valence-electron chi connectivity index (χ2n) is 4.70. The van der Waals surface area contributed by atoms with Gasteiger partial charge in [-0.2, -0.15) is 0 Å². The Morgan fingerprint density at radius 1 is 1.42 bits per heavy atom. The molecule has 1 saturated carbocycles. The second-order valence-corrected chi connectivity index (χ2v) is 4.70. The number of carboxylic acids is 1. The maximum absolute atomic E-state index is 11.8. The SMILES string of the molecule is COC(=O)CCCN(C)C(=O)NC(C(=O)O)C1CC1. The van der Waals surface area contributed by atoms with Crippen molar-refractivity contribution in [1.29, 1.82) is 0 Å². The van der Waals surface area contributed by atoms with Crippen molar-refractivity contribution in [2.45, 2.75) is 31.7 Å². The van der Waals surface area contributed by atoms with E-state index in [1.54, 1.807) is 7.05 Å². The largest absolute Gasteiger partial charge is 0.480 e. The van der Waals surface area contributed by atoms with Crippen molar-refractivity contribution in [3.63, 3.8) is 0 Å². The van der Waals surface area contributed by atoms with Crippen LogP contribution in [0.25, 0.3) is 0 Å². The highest BCUT2D eigenvalue weighted by Crippen LogP contribution is 2.32. The van der Waals surface area contributed by atoms with Crippen LogP contribution in [0.3, 0.4) is 0 Å². The minimum atomic E-state index is -1.00. The molecule has 19 heavy (non-hydrogen) atoms. The summed E-state index contributed by atoms with van der Waals surface area (Å²) >= 11 is 0. The van der Waals surface area contributed by atoms with Crippen LogP contribution in [0.1, 0.15) is 25.7 Å². The highest BCUT2D eigenvalue weighted by molar-refractivity contribution is 5.83. The molecule has 2 amide bonds. The van der Waals surface area contributed by atoms with Gasteiger partial charge in [0, 0.05) is 20.0 Å². The third kappa shape index (κ3) is 5.15. The Balaban J connectivity index is 2.31. The minimum absolute atomic E-state index is 0.0462. The summed E-state index contributed by atoms with van der Waals surface area (Å²) in [6.07, 6.45) is 2.39. The van der Waals surface area contributed by atoms with Crippen molar-refractivity contribution in [1.82, 2.24) is 10.2 Å². The number of carboxylic acid groups (broad SMARTS) is 1. The molecule has 0 aliphatic heterocycles. The molecule has 7 nitrogen and oxygen atoms in total. The van der Waals surface area contributed by atoms with Crippen molar-refractivity contribution in [2.24, 2.45) is 5.92 Å². The number of rotatable bonds is 7. The number of carbonyl (C=O) groups is 3. The van der Waals surface area contributed by atoms with Crippen LogP contribution in [-0.4, -0.2) is 54.7 Å². The Morgan fingerprint density at radius 3 is 2.53 bits per heavy atom. The molecule has 0 bridgehead atoms. The van der Waals surface area contributed by atoms with E-state index in [2.05, 4.69) is 10.1 Å². The number of esters is 1. The van der Waals surface area contributed by atoms with Gasteiger partial charge in [-0.15, -0.1) is 0 Å². The van der Waals surface area contributed by atoms with Crippen molar-refractivity contribution < 1.29 is 24.2 Å². The molecule has 7 heteroatoms. The van der Waals surface area contributed by atoms with Gasteiger partial charge in [-0.1, -0.05) is 0 Å². The molecule has 1 aliphatic carbocycles. The standard InChI is InChI=1S/C12H20N2O5/c1-14(7-3-4-9(15)19-2)12(18)13-10(11(16)17)8-5-6-8/h8,10H,3-7H2,1-2H3,(H,13,18)(H,16,17). The fourth-order valence-corrected chi connectivity index (χ4v) is 1.72. The van der Waals surface area contributed by atoms with E-state index >= 15 is 0 Å². The number of carbonyl (C=O) groups excluding carboxylic acids is 2. The second kappa shape index (κ2) is 6.96. The Labute approximate surface area is 111 Å². The van der Waals surface area contributed by atoms with Gasteiger partial charge in [-0.3, -0.25) is 4.79 Å². The lowest BCUT2D eigenvalue weighted by Crippen LogP contribution is -2.48. The molecule has 108 valence electrons. The summed E-state index contributed by atoms with van der Waals surface area (Å²) in [6, 6.07) is -1.24. The summed E-state index contributed by atoms with van der Waals surface area (Å²) in [7, 11) is 2.88. The predicted octanol–water partition coefficient (Wildman–Crippen LogP) is 0.444. The van der Waals surface area contributed by atoms with Crippen LogP contribution in [0.5, 0.6) is 0 Å². The van der Waals surface area contributed by atoms with Crippen LogP contribution in [0.15, 0.2) is 0 Å². The first-order chi connectivity index (χ1) is 8.95. The molecular weight excluding hydrogens is 252 g/mol. The predicted molar refractivity (Wildman–Crippen MR) is 66.6 cm³/mol. The van der Waals surface area contributed by atoms with Crippen molar-refractivity contribution in [2.75, 3.05) is 20.7 Å². The number of aliphatic carboxylic acids is 1. The molecule has 0 radical (unpaired) electrons. The molecule has 1 rings (SSSR count). The number of nitrogens with one attached hydrogen (secondary N) is 1. The van der Waals surface area contributed by atoms with Crippen molar-refractivity contribution in [3.8, 4) is 0 Å². The normalized spacial score (nSPS) is 15.5. The number of hydrogen-bond acceptors (Lipinski definition) is 4. The van der Waals surface area contributed by atoms with Gasteiger partial charge in [0.2, 0.25) is 0 Å². The molecule has 1 fully saturated rings. The number of methoxy groups -OCH3 is 1. The van der Waals surface area contributed by atoms with E-state index in [4.69, 9.17) is 5.11 Å². The van der Waals surface area contributed by atoms with Gasteiger partial charge in [0.15, 0.2) is 0 Å². The lowest BCUT2D eigenvalue weighted by atomic mass is 10.2. The number of urea groups is 1. The molecule has 0 aromatic rings. The summed E-state index contributed by atoms with van der Waals surface area (Å²) in [4.78, 5) is 35.0. The topological polar surface area (TPSA) is 95.9 Å². The number of amides is 2. The zero-order valence-electron chi connectivity index (χ0n) is 11.2. The molecule has 1 atom stereocenters. The van der Waals surface area contributed by atoms with Crippen LogP contribution >= 0.6 is 0 Å². The van der Waals surface area contributed by atoms with Crippen LogP contribution in [-0.2, 0) is 14.3 Å². The van der Waals surface area contributed by atoms with E-state index in [9.17, 15) is 14.4 Å². The van der Waals surface area contributed by atoms with Gasteiger partial charge < -0.3 is 20.1 Å². The number of ether oxygens (including phenoxy) is 1. The van der Waals surface area contributed by atoms with E-state index in [-0.39, 0.29) is 18.3 Å². The first kappa shape index (κ1) is 15.3. The van der Waals surface area contributed by atoms with Gasteiger partial charge in [0.05, 0.1) is 7.11 Å². The zero-order chi connectivity index (χ0) is 14.4. The molecular formula is C12H20N2O5. The molecule has 0 aromatic carbocycles. The van der Waals surface area contributed by atoms with Crippen LogP contribution < -0.4 is 5.32 Å². The lowest BCUT2D eigenvalue weighted by Gasteiger charge is -2.21. The first-order valence-corrected chi connectivity index (χ1v) is 6.27. The Kier molecular flexibility index (Phi) is 5.59. The van der Waals surface area contributed by atoms with E-state index < -0.39 is 18.0 Å². The van der Waals surface area contributed by atoms with Gasteiger partial charge >= 0.3 is 18.0 Å². The highest BCUT2D eigenvalue weighted by Gasteiger charge is 2.37. The summed E-state index contributed by atoms with van der Waals surface area (Å²) < 4.78 is 4.49. The van der Waals surface area contributed by atoms with Gasteiger partial charge in [-0.05, 0) is 25.2 Å². The Bertz CT molecular complexity index is 354. The summed E-state index contributed by atoms with van der Waals surface area (Å²) in [6.45, 7) is 0.373. The maximum atomic E-state index is 11.8. The van der Waals surface area contributed by atoms with E-state index in [1.807, 2.05) is 0 Å². The summed E-state index contributed by atoms with van der Waals surface area (Å²) in [5.74, 6) is -1.28. The summed E-state index contributed by atoms with van der Waals surface area (Å²) in [5.41, 5.74) is 0. The monoisotopic (exact) mass is 272 g/mol. The van der Waals surface area contributed by atoms with E-state index in [1.165, 1.54) is 12.0 Å². The van der Waals surface area contributed by atoms with Crippen LogP contribution in [0, 0.1) is 5.92 Å². The fourth-order valence-electron chi connectivity index (χ4n) is 1.72. The van der Waals surface area contributed by atoms with E-state index in [0.717, 1.165) is 12.8 Å². The Morgan fingerprint density at radius 2 is 2.05 bits per heavy atom. The van der Waals surface area contributed by atoms with Crippen LogP contribution in [0.2, 0.25) is 0 Å². The lowest BCUT2D eigenvalue weighted by molar-refractivity contribution is -0.141. The average Bonchev–Trinajstić information content (AvgIpc) is 3.18. The zero-order valence-corrected chi connectivity index (χ0v) is 11.2. The molecule has 0 aromatic heterocycles. The maximum Gasteiger partial charge on any atom is 0.326 e. The number of hydrogen-bond donors (Lipinski definition) is 2. The van der Waals surface area contributed by atoms with E-state index in [0.29, 0.717) is 13.0 Å².